The highest BCUT2D eigenvalue weighted by molar-refractivity contribution is 9.10. The van der Waals surface area contributed by atoms with E-state index in [1.807, 2.05) is 41.8 Å². The van der Waals surface area contributed by atoms with Crippen LogP contribution in [0.25, 0.3) is 0 Å². The minimum atomic E-state index is 0.0235. The van der Waals surface area contributed by atoms with Gasteiger partial charge in [-0.2, -0.15) is 0 Å². The summed E-state index contributed by atoms with van der Waals surface area (Å²) < 4.78 is 1.05. The van der Waals surface area contributed by atoms with E-state index in [1.54, 1.807) is 0 Å². The monoisotopic (exact) mass is 429 g/mol. The zero-order valence-electron chi connectivity index (χ0n) is 13.5. The van der Waals surface area contributed by atoms with Crippen LogP contribution in [-0.2, 0) is 0 Å². The van der Waals surface area contributed by atoms with Crippen molar-refractivity contribution in [3.8, 4) is 0 Å². The van der Waals surface area contributed by atoms with E-state index in [2.05, 4.69) is 68.4 Å². The molecule has 1 aliphatic heterocycles. The van der Waals surface area contributed by atoms with Crippen molar-refractivity contribution in [2.75, 3.05) is 4.90 Å². The highest BCUT2D eigenvalue weighted by Gasteiger charge is 2.41. The third kappa shape index (κ3) is 3.21. The van der Waals surface area contributed by atoms with Gasteiger partial charge < -0.3 is 10.2 Å². The molecule has 6 heteroatoms. The summed E-state index contributed by atoms with van der Waals surface area (Å²) >= 11 is 11.0. The fourth-order valence-electron chi connectivity index (χ4n) is 3.14. The van der Waals surface area contributed by atoms with Crippen LogP contribution < -0.4 is 10.2 Å². The van der Waals surface area contributed by atoms with Crippen molar-refractivity contribution in [2.45, 2.75) is 19.0 Å². The normalized spacial score (nSPS) is 19.9. The molecule has 3 nitrogen and oxygen atoms in total. The number of hydrogen-bond donors (Lipinski definition) is 1. The predicted molar refractivity (Wildman–Crippen MR) is 111 cm³/mol. The summed E-state index contributed by atoms with van der Waals surface area (Å²) in [5.41, 5.74) is 2.08. The van der Waals surface area contributed by atoms with Crippen LogP contribution in [0.4, 0.5) is 5.69 Å². The highest BCUT2D eigenvalue weighted by Crippen LogP contribution is 2.43. The second-order valence-corrected chi connectivity index (χ2v) is 8.54. The SMILES string of the molecule is Cc1ccc(C2C(c3ccccn3)NC(=S)N2c2ccc(Br)cc2)s1. The number of anilines is 1. The predicted octanol–water partition coefficient (Wildman–Crippen LogP) is 5.39. The molecule has 0 amide bonds. The summed E-state index contributed by atoms with van der Waals surface area (Å²) in [7, 11) is 0. The maximum atomic E-state index is 5.70. The number of hydrogen-bond acceptors (Lipinski definition) is 3. The highest BCUT2D eigenvalue weighted by atomic mass is 79.9. The van der Waals surface area contributed by atoms with Gasteiger partial charge in [0.2, 0.25) is 0 Å². The van der Waals surface area contributed by atoms with Gasteiger partial charge in [0.25, 0.3) is 0 Å². The molecule has 4 rings (SSSR count). The largest absolute Gasteiger partial charge is 0.351 e. The number of aryl methyl sites for hydroxylation is 1. The number of nitrogens with zero attached hydrogens (tertiary/aromatic N) is 2. The third-order valence-electron chi connectivity index (χ3n) is 4.26. The zero-order chi connectivity index (χ0) is 17.4. The van der Waals surface area contributed by atoms with Gasteiger partial charge in [0, 0.05) is 26.1 Å². The third-order valence-corrected chi connectivity index (χ3v) is 6.17. The molecule has 2 aromatic heterocycles. The van der Waals surface area contributed by atoms with Crippen LogP contribution in [0, 0.1) is 6.92 Å². The van der Waals surface area contributed by atoms with Gasteiger partial charge in [0.05, 0.1) is 17.8 Å². The van der Waals surface area contributed by atoms with Gasteiger partial charge in [-0.05, 0) is 67.7 Å². The van der Waals surface area contributed by atoms with Crippen LogP contribution in [0.15, 0.2) is 65.3 Å². The van der Waals surface area contributed by atoms with Gasteiger partial charge in [-0.1, -0.05) is 22.0 Å². The van der Waals surface area contributed by atoms with Crippen LogP contribution in [0.1, 0.15) is 27.5 Å². The fraction of sp³-hybridized carbons (Fsp3) is 0.158. The molecule has 0 spiro atoms. The van der Waals surface area contributed by atoms with Crippen LogP contribution in [-0.4, -0.2) is 10.1 Å². The Bertz CT molecular complexity index is 893. The Labute approximate surface area is 164 Å². The first-order chi connectivity index (χ1) is 12.1. The molecule has 1 saturated heterocycles. The molecule has 0 radical (unpaired) electrons. The molecule has 25 heavy (non-hydrogen) atoms. The Morgan fingerprint density at radius 1 is 1.12 bits per heavy atom. The Kier molecular flexibility index (Phi) is 4.58. The molecule has 126 valence electrons. The Morgan fingerprint density at radius 2 is 1.92 bits per heavy atom. The van der Waals surface area contributed by atoms with E-state index >= 15 is 0 Å². The molecule has 1 fully saturated rings. The van der Waals surface area contributed by atoms with E-state index in [9.17, 15) is 0 Å². The van der Waals surface area contributed by atoms with Crippen LogP contribution in [0.5, 0.6) is 0 Å². The quantitative estimate of drug-likeness (QED) is 0.564. The molecule has 0 saturated carbocycles. The van der Waals surface area contributed by atoms with Gasteiger partial charge in [-0.15, -0.1) is 11.3 Å². The van der Waals surface area contributed by atoms with Crippen molar-refractivity contribution in [3.63, 3.8) is 0 Å². The van der Waals surface area contributed by atoms with Crippen molar-refractivity contribution in [2.24, 2.45) is 0 Å². The van der Waals surface area contributed by atoms with Crippen molar-refractivity contribution in [3.05, 3.63) is 80.7 Å². The molecule has 2 unspecified atom stereocenters. The lowest BCUT2D eigenvalue weighted by atomic mass is 10.0. The first-order valence-corrected chi connectivity index (χ1v) is 9.98. The lowest BCUT2D eigenvalue weighted by Gasteiger charge is -2.27. The molecule has 1 aromatic carbocycles. The number of thiophene rings is 1. The molecular formula is C19H16BrN3S2. The number of rotatable bonds is 3. The number of nitrogens with one attached hydrogen (secondary N) is 1. The number of halogens is 1. The van der Waals surface area contributed by atoms with Crippen molar-refractivity contribution >= 4 is 50.3 Å². The molecule has 1 N–H and O–H groups in total. The maximum Gasteiger partial charge on any atom is 0.174 e. The van der Waals surface area contributed by atoms with Crippen LogP contribution in [0.2, 0.25) is 0 Å². The average Bonchev–Trinajstić information content (AvgIpc) is 3.20. The number of benzene rings is 1. The number of thiocarbonyl (C=S) groups is 1. The Balaban J connectivity index is 1.81. The molecule has 3 aromatic rings. The molecular weight excluding hydrogens is 414 g/mol. The summed E-state index contributed by atoms with van der Waals surface area (Å²) in [5.74, 6) is 0. The first kappa shape index (κ1) is 16.7. The minimum Gasteiger partial charge on any atom is -0.351 e. The number of aromatic nitrogens is 1. The lowest BCUT2D eigenvalue weighted by molar-refractivity contribution is 0.575. The van der Waals surface area contributed by atoms with Crippen molar-refractivity contribution in [1.29, 1.82) is 0 Å². The first-order valence-electron chi connectivity index (χ1n) is 7.96. The summed E-state index contributed by atoms with van der Waals surface area (Å²) in [4.78, 5) is 9.34. The van der Waals surface area contributed by atoms with E-state index in [-0.39, 0.29) is 12.1 Å². The second kappa shape index (κ2) is 6.86. The summed E-state index contributed by atoms with van der Waals surface area (Å²) in [6.07, 6.45) is 1.83. The van der Waals surface area contributed by atoms with Gasteiger partial charge >= 0.3 is 0 Å². The van der Waals surface area contributed by atoms with Gasteiger partial charge in [0.15, 0.2) is 5.11 Å². The fourth-order valence-corrected chi connectivity index (χ4v) is 4.75. The number of pyridine rings is 1. The van der Waals surface area contributed by atoms with Crippen molar-refractivity contribution < 1.29 is 0 Å². The summed E-state index contributed by atoms with van der Waals surface area (Å²) in [6.45, 7) is 2.13. The molecule has 0 aliphatic carbocycles. The molecule has 2 atom stereocenters. The topological polar surface area (TPSA) is 28.2 Å². The van der Waals surface area contributed by atoms with E-state index in [1.165, 1.54) is 9.75 Å². The molecule has 3 heterocycles. The summed E-state index contributed by atoms with van der Waals surface area (Å²) in [6, 6.07) is 18.7. The van der Waals surface area contributed by atoms with Crippen molar-refractivity contribution in [1.82, 2.24) is 10.3 Å². The Morgan fingerprint density at radius 3 is 2.56 bits per heavy atom. The zero-order valence-corrected chi connectivity index (χ0v) is 16.7. The van der Waals surface area contributed by atoms with E-state index < -0.39 is 0 Å². The van der Waals surface area contributed by atoms with Gasteiger partial charge in [0.1, 0.15) is 0 Å². The van der Waals surface area contributed by atoms with Crippen LogP contribution >= 0.6 is 39.5 Å². The summed E-state index contributed by atoms with van der Waals surface area (Å²) in [5, 5.41) is 4.21. The van der Waals surface area contributed by atoms with Gasteiger partial charge in [-0.25, -0.2) is 0 Å². The standard InChI is InChI=1S/C19H16BrN3S2/c1-12-5-10-16(25-12)18-17(15-4-2-3-11-21-15)22-19(24)23(18)14-8-6-13(20)7-9-14/h2-11,17-18H,1H3,(H,22,24). The van der Waals surface area contributed by atoms with E-state index in [0.29, 0.717) is 0 Å². The molecule has 0 bridgehead atoms. The maximum absolute atomic E-state index is 5.70. The van der Waals surface area contributed by atoms with E-state index in [0.717, 1.165) is 21.0 Å². The smallest absolute Gasteiger partial charge is 0.174 e. The average molecular weight is 430 g/mol. The second-order valence-electron chi connectivity index (χ2n) is 5.92. The van der Waals surface area contributed by atoms with E-state index in [4.69, 9.17) is 12.2 Å². The van der Waals surface area contributed by atoms with Gasteiger partial charge in [-0.3, -0.25) is 4.98 Å². The van der Waals surface area contributed by atoms with Crippen LogP contribution in [0.3, 0.4) is 0 Å². The molecule has 1 aliphatic rings. The lowest BCUT2D eigenvalue weighted by Crippen LogP contribution is -2.28. The minimum absolute atomic E-state index is 0.0235. The Hall–Kier alpha value is -1.76.